The smallest absolute Gasteiger partial charge is 0.0543 e. The predicted octanol–water partition coefficient (Wildman–Crippen LogP) is 14.5. The van der Waals surface area contributed by atoms with Gasteiger partial charge in [0.1, 0.15) is 0 Å². The monoisotopic (exact) mass is 733 g/mol. The van der Waals surface area contributed by atoms with Gasteiger partial charge < -0.3 is 4.90 Å². The molecule has 1 heteroatoms. The molecule has 4 fully saturated rings. The lowest BCUT2D eigenvalue weighted by atomic mass is 9.49. The first-order valence-electron chi connectivity index (χ1n) is 21.5. The van der Waals surface area contributed by atoms with Crippen LogP contribution in [-0.2, 0) is 10.8 Å². The third-order valence-corrected chi connectivity index (χ3v) is 16.4. The molecule has 0 aromatic heterocycles. The summed E-state index contributed by atoms with van der Waals surface area (Å²) in [6.45, 7) is 4.75. The second-order valence-corrected chi connectivity index (χ2v) is 19.0. The summed E-state index contributed by atoms with van der Waals surface area (Å²) in [5.74, 6) is 3.58. The van der Waals surface area contributed by atoms with Crippen LogP contribution in [0.25, 0.3) is 44.5 Å². The molecule has 2 spiro atoms. The van der Waals surface area contributed by atoms with Crippen LogP contribution in [0.1, 0.15) is 68.2 Å². The quantitative estimate of drug-likeness (QED) is 0.170. The Hall–Kier alpha value is -5.66. The molecule has 7 aromatic carbocycles. The molecule has 7 aromatic rings. The molecule has 0 amide bonds. The van der Waals surface area contributed by atoms with Gasteiger partial charge >= 0.3 is 0 Å². The van der Waals surface area contributed by atoms with Gasteiger partial charge in [-0.15, -0.1) is 0 Å². The van der Waals surface area contributed by atoms with Gasteiger partial charge in [-0.05, 0) is 159 Å². The van der Waals surface area contributed by atoms with Gasteiger partial charge in [0.2, 0.25) is 0 Å². The van der Waals surface area contributed by atoms with Crippen LogP contribution in [0.4, 0.5) is 17.1 Å². The van der Waals surface area contributed by atoms with Crippen LogP contribution in [0.3, 0.4) is 0 Å². The topological polar surface area (TPSA) is 3.24 Å². The van der Waals surface area contributed by atoms with Gasteiger partial charge in [-0.2, -0.15) is 0 Å². The van der Waals surface area contributed by atoms with E-state index in [2.05, 4.69) is 183 Å². The number of rotatable bonds is 5. The van der Waals surface area contributed by atoms with E-state index >= 15 is 0 Å². The minimum absolute atomic E-state index is 0.0732. The number of anilines is 3. The molecule has 6 aliphatic rings. The molecule has 6 unspecified atom stereocenters. The van der Waals surface area contributed by atoms with Crippen LogP contribution in [0, 0.1) is 29.1 Å². The Kier molecular flexibility index (Phi) is 6.40. The maximum atomic E-state index is 2.57. The Bertz CT molecular complexity index is 2780. The van der Waals surface area contributed by atoms with E-state index in [4.69, 9.17) is 0 Å². The maximum Gasteiger partial charge on any atom is 0.0543 e. The van der Waals surface area contributed by atoms with Crippen LogP contribution in [0.2, 0.25) is 0 Å². The van der Waals surface area contributed by atoms with Gasteiger partial charge in [0.15, 0.2) is 0 Å². The van der Waals surface area contributed by atoms with Gasteiger partial charge in [-0.25, -0.2) is 0 Å². The van der Waals surface area contributed by atoms with E-state index in [-0.39, 0.29) is 10.8 Å². The molecule has 276 valence electrons. The summed E-state index contributed by atoms with van der Waals surface area (Å²) in [6.07, 6.45) is 7.37. The van der Waals surface area contributed by atoms with Crippen LogP contribution in [-0.4, -0.2) is 0 Å². The van der Waals surface area contributed by atoms with E-state index in [9.17, 15) is 0 Å². The van der Waals surface area contributed by atoms with Crippen molar-refractivity contribution in [1.82, 2.24) is 0 Å². The SMILES string of the molecule is CC1(C)c2ccccc2-c2c(N(c3ccc(-c4ccccc4)cc3)c3ccc(-c4ccc5c(c4)-c4ccccc4C54C5CC6CC7CC4C7(C6)C5)cc3)cccc21. The van der Waals surface area contributed by atoms with Crippen molar-refractivity contribution in [2.45, 2.75) is 56.8 Å². The molecule has 6 atom stereocenters. The molecular weight excluding hydrogens is 687 g/mol. The standard InChI is InChI=1S/C56H47N/c1-54(2)47-15-8-7-14-45(47)53-50(54)17-10-18-51(53)57(42-24-19-37(20-25-42)36-11-4-3-5-12-36)43-26-21-38(22-27-43)39-23-28-49-46(31-39)44-13-6-9-16-48(44)56(49)41-30-35-29-40-32-52(56)55(40,33-35)34-41/h3-28,31,35,40-41,52H,29-30,32-34H2,1-2H3. The largest absolute Gasteiger partial charge is 0.310 e. The summed E-state index contributed by atoms with van der Waals surface area (Å²) in [7, 11) is 0. The first-order chi connectivity index (χ1) is 27.9. The number of hydrogen-bond donors (Lipinski definition) is 0. The molecule has 0 radical (unpaired) electrons. The van der Waals surface area contributed by atoms with Gasteiger partial charge in [-0.1, -0.05) is 141 Å². The summed E-state index contributed by atoms with van der Waals surface area (Å²) in [5, 5.41) is 0. The van der Waals surface area contributed by atoms with Crippen molar-refractivity contribution in [3.8, 4) is 44.5 Å². The highest BCUT2D eigenvalue weighted by atomic mass is 15.1. The van der Waals surface area contributed by atoms with Gasteiger partial charge in [0.05, 0.1) is 5.69 Å². The minimum Gasteiger partial charge on any atom is -0.310 e. The molecule has 0 N–H and O–H groups in total. The summed E-state index contributed by atoms with van der Waals surface area (Å²) in [5.41, 5.74) is 21.1. The van der Waals surface area contributed by atoms with Crippen molar-refractivity contribution in [3.05, 3.63) is 186 Å². The van der Waals surface area contributed by atoms with Crippen LogP contribution in [0.15, 0.2) is 164 Å². The second-order valence-electron chi connectivity index (χ2n) is 19.0. The molecule has 0 saturated heterocycles. The lowest BCUT2D eigenvalue weighted by Gasteiger charge is -2.54. The number of benzene rings is 7. The fourth-order valence-corrected chi connectivity index (χ4v) is 14.3. The molecule has 4 saturated carbocycles. The third-order valence-electron chi connectivity index (χ3n) is 16.4. The second kappa shape index (κ2) is 11.3. The maximum absolute atomic E-state index is 2.57. The lowest BCUT2D eigenvalue weighted by Crippen LogP contribution is -2.50. The van der Waals surface area contributed by atoms with Crippen molar-refractivity contribution in [3.63, 3.8) is 0 Å². The van der Waals surface area contributed by atoms with Crippen LogP contribution in [0.5, 0.6) is 0 Å². The van der Waals surface area contributed by atoms with Crippen LogP contribution < -0.4 is 4.90 Å². The lowest BCUT2D eigenvalue weighted by molar-refractivity contribution is -0.0193. The molecular formula is C56H47N. The summed E-state index contributed by atoms with van der Waals surface area (Å²) >= 11 is 0. The van der Waals surface area contributed by atoms with Crippen molar-refractivity contribution < 1.29 is 0 Å². The zero-order chi connectivity index (χ0) is 37.7. The number of nitrogens with zero attached hydrogens (tertiary/aromatic N) is 1. The highest BCUT2D eigenvalue weighted by Gasteiger charge is 2.76. The molecule has 57 heavy (non-hydrogen) atoms. The molecule has 13 rings (SSSR count). The van der Waals surface area contributed by atoms with Gasteiger partial charge in [0, 0.05) is 27.8 Å². The van der Waals surface area contributed by atoms with E-state index < -0.39 is 0 Å². The zero-order valence-electron chi connectivity index (χ0n) is 32.9. The van der Waals surface area contributed by atoms with E-state index in [0.29, 0.717) is 5.41 Å². The summed E-state index contributed by atoms with van der Waals surface area (Å²) < 4.78 is 0. The van der Waals surface area contributed by atoms with Gasteiger partial charge in [0.25, 0.3) is 0 Å². The Morgan fingerprint density at radius 2 is 1.05 bits per heavy atom. The molecule has 1 nitrogen and oxygen atoms in total. The summed E-state index contributed by atoms with van der Waals surface area (Å²) in [4.78, 5) is 2.48. The fourth-order valence-electron chi connectivity index (χ4n) is 14.3. The molecule has 6 aliphatic carbocycles. The van der Waals surface area contributed by atoms with Crippen molar-refractivity contribution in [2.24, 2.45) is 29.1 Å². The highest BCUT2D eigenvalue weighted by molar-refractivity contribution is 5.95. The van der Waals surface area contributed by atoms with E-state index in [1.807, 2.05) is 0 Å². The average Bonchev–Trinajstić information content (AvgIpc) is 3.81. The predicted molar refractivity (Wildman–Crippen MR) is 235 cm³/mol. The Morgan fingerprint density at radius 1 is 0.456 bits per heavy atom. The molecule has 0 heterocycles. The van der Waals surface area contributed by atoms with E-state index in [0.717, 1.165) is 29.4 Å². The Balaban J connectivity index is 0.923. The number of hydrogen-bond acceptors (Lipinski definition) is 1. The highest BCUT2D eigenvalue weighted by Crippen LogP contribution is 2.83. The molecule has 3 bridgehead atoms. The summed E-state index contributed by atoms with van der Waals surface area (Å²) in [6, 6.07) is 62.3. The van der Waals surface area contributed by atoms with E-state index in [1.54, 1.807) is 11.1 Å². The Labute approximate surface area is 337 Å². The minimum atomic E-state index is -0.0732. The first kappa shape index (κ1) is 32.4. The molecule has 0 aliphatic heterocycles. The zero-order valence-corrected chi connectivity index (χ0v) is 32.9. The normalized spacial score (nSPS) is 27.1. The number of fused-ring (bicyclic) bond motifs is 12. The Morgan fingerprint density at radius 3 is 1.82 bits per heavy atom. The van der Waals surface area contributed by atoms with Crippen LogP contribution >= 0.6 is 0 Å². The average molecular weight is 734 g/mol. The van der Waals surface area contributed by atoms with Crippen molar-refractivity contribution in [2.75, 3.05) is 4.90 Å². The van der Waals surface area contributed by atoms with Crippen molar-refractivity contribution in [1.29, 1.82) is 0 Å². The van der Waals surface area contributed by atoms with Gasteiger partial charge in [-0.3, -0.25) is 0 Å². The first-order valence-corrected chi connectivity index (χ1v) is 21.5. The fraction of sp³-hybridized carbons (Fsp3) is 0.250. The van der Waals surface area contributed by atoms with Crippen molar-refractivity contribution >= 4 is 17.1 Å². The third kappa shape index (κ3) is 4.10. The van der Waals surface area contributed by atoms with E-state index in [1.165, 1.54) is 99.1 Å².